The zero-order valence-corrected chi connectivity index (χ0v) is 15.4. The number of benzene rings is 2. The van der Waals surface area contributed by atoms with Crippen molar-refractivity contribution in [1.82, 2.24) is 20.1 Å². The molecule has 4 aromatic rings. The molecule has 0 atom stereocenters. The lowest BCUT2D eigenvalue weighted by molar-refractivity contribution is 0.292. The third-order valence-electron chi connectivity index (χ3n) is 4.34. The summed E-state index contributed by atoms with van der Waals surface area (Å²) in [7, 11) is 0. The van der Waals surface area contributed by atoms with E-state index in [9.17, 15) is 0 Å². The summed E-state index contributed by atoms with van der Waals surface area (Å²) in [5.74, 6) is 0. The van der Waals surface area contributed by atoms with Crippen LogP contribution in [-0.2, 0) is 6.54 Å². The summed E-state index contributed by atoms with van der Waals surface area (Å²) in [6.07, 6.45) is 3.74. The summed E-state index contributed by atoms with van der Waals surface area (Å²) in [5, 5.41) is 18.2. The highest BCUT2D eigenvalue weighted by atomic mass is 35.5. The number of nitrogens with one attached hydrogen (secondary N) is 1. The van der Waals surface area contributed by atoms with Gasteiger partial charge in [-0.15, -0.1) is 5.10 Å². The highest BCUT2D eigenvalue weighted by Gasteiger charge is 2.12. The van der Waals surface area contributed by atoms with Gasteiger partial charge in [-0.05, 0) is 23.3 Å². The number of nitrogens with zero attached hydrogens (tertiary/aromatic N) is 3. The van der Waals surface area contributed by atoms with E-state index in [1.54, 1.807) is 10.9 Å². The van der Waals surface area contributed by atoms with Crippen LogP contribution in [0.15, 0.2) is 67.0 Å². The van der Waals surface area contributed by atoms with Gasteiger partial charge in [0.25, 0.3) is 0 Å². The lowest BCUT2D eigenvalue weighted by Gasteiger charge is -2.09. The molecule has 2 aromatic heterocycles. The standard InChI is InChI=1S/C21H19ClN4O/c22-20-18(16-5-2-1-3-6-16)7-4-8-19(20)26-14-17-11-15(12-23-9-10-27)13-24-21(17)25-26/h1-8,11,13-14,23,27H,9-10,12H2. The average molecular weight is 379 g/mol. The Balaban J connectivity index is 1.70. The summed E-state index contributed by atoms with van der Waals surface area (Å²) in [6.45, 7) is 1.32. The Morgan fingerprint density at radius 3 is 2.74 bits per heavy atom. The number of halogens is 1. The first-order valence-corrected chi connectivity index (χ1v) is 9.14. The smallest absolute Gasteiger partial charge is 0.181 e. The molecule has 4 rings (SSSR count). The summed E-state index contributed by atoms with van der Waals surface area (Å²) in [6, 6.07) is 18.0. The van der Waals surface area contributed by atoms with Crippen molar-refractivity contribution in [3.8, 4) is 16.8 Å². The third kappa shape index (κ3) is 3.71. The summed E-state index contributed by atoms with van der Waals surface area (Å²) < 4.78 is 1.78. The highest BCUT2D eigenvalue weighted by Crippen LogP contribution is 2.32. The first-order chi connectivity index (χ1) is 13.3. The van der Waals surface area contributed by atoms with Crippen LogP contribution in [0.2, 0.25) is 5.02 Å². The van der Waals surface area contributed by atoms with Gasteiger partial charge in [0.2, 0.25) is 0 Å². The van der Waals surface area contributed by atoms with E-state index in [2.05, 4.69) is 15.4 Å². The topological polar surface area (TPSA) is 63.0 Å². The SMILES string of the molecule is OCCNCc1cnc2nn(-c3cccc(-c4ccccc4)c3Cl)cc2c1. The monoisotopic (exact) mass is 378 g/mol. The minimum atomic E-state index is 0.115. The average Bonchev–Trinajstić information content (AvgIpc) is 3.12. The van der Waals surface area contributed by atoms with E-state index in [4.69, 9.17) is 16.7 Å². The predicted octanol–water partition coefficient (Wildman–Crippen LogP) is 3.82. The predicted molar refractivity (Wildman–Crippen MR) is 108 cm³/mol. The minimum Gasteiger partial charge on any atom is -0.395 e. The van der Waals surface area contributed by atoms with Crippen molar-refractivity contribution in [3.63, 3.8) is 0 Å². The molecule has 0 aliphatic carbocycles. The largest absolute Gasteiger partial charge is 0.395 e. The van der Waals surface area contributed by atoms with E-state index >= 15 is 0 Å². The molecule has 0 amide bonds. The molecule has 2 aromatic carbocycles. The molecule has 0 saturated carbocycles. The van der Waals surface area contributed by atoms with E-state index in [1.807, 2.05) is 60.8 Å². The Labute approximate surface area is 162 Å². The minimum absolute atomic E-state index is 0.115. The van der Waals surface area contributed by atoms with Gasteiger partial charge in [-0.1, -0.05) is 54.1 Å². The number of pyridine rings is 1. The zero-order chi connectivity index (χ0) is 18.6. The number of hydrogen-bond donors (Lipinski definition) is 2. The fraction of sp³-hybridized carbons (Fsp3) is 0.143. The Morgan fingerprint density at radius 2 is 1.93 bits per heavy atom. The van der Waals surface area contributed by atoms with Crippen LogP contribution in [0, 0.1) is 0 Å². The number of aliphatic hydroxyl groups excluding tert-OH is 1. The Morgan fingerprint density at radius 1 is 1.07 bits per heavy atom. The van der Waals surface area contributed by atoms with Crippen LogP contribution in [0.25, 0.3) is 27.8 Å². The molecule has 6 heteroatoms. The van der Waals surface area contributed by atoms with Crippen LogP contribution in [0.1, 0.15) is 5.56 Å². The molecule has 0 radical (unpaired) electrons. The number of rotatable bonds is 6. The van der Waals surface area contributed by atoms with Gasteiger partial charge in [-0.3, -0.25) is 0 Å². The lowest BCUT2D eigenvalue weighted by atomic mass is 10.1. The molecule has 0 aliphatic rings. The molecule has 0 bridgehead atoms. The van der Waals surface area contributed by atoms with Gasteiger partial charge in [0.15, 0.2) is 5.65 Å². The van der Waals surface area contributed by atoms with Gasteiger partial charge in [0, 0.05) is 36.4 Å². The molecule has 0 fully saturated rings. The molecule has 2 heterocycles. The van der Waals surface area contributed by atoms with Crippen molar-refractivity contribution < 1.29 is 5.11 Å². The molecule has 27 heavy (non-hydrogen) atoms. The molecule has 2 N–H and O–H groups in total. The van der Waals surface area contributed by atoms with Gasteiger partial charge < -0.3 is 10.4 Å². The lowest BCUT2D eigenvalue weighted by Crippen LogP contribution is -2.17. The second kappa shape index (κ2) is 7.88. The van der Waals surface area contributed by atoms with Gasteiger partial charge in [0.1, 0.15) is 0 Å². The van der Waals surface area contributed by atoms with Crippen molar-refractivity contribution in [3.05, 3.63) is 77.6 Å². The molecule has 136 valence electrons. The summed E-state index contributed by atoms with van der Waals surface area (Å²) in [5.41, 5.74) is 4.56. The number of aromatic nitrogens is 3. The summed E-state index contributed by atoms with van der Waals surface area (Å²) >= 11 is 6.71. The molecule has 0 saturated heterocycles. The second-order valence-corrected chi connectivity index (χ2v) is 6.61. The highest BCUT2D eigenvalue weighted by molar-refractivity contribution is 6.35. The van der Waals surface area contributed by atoms with Crippen molar-refractivity contribution >= 4 is 22.6 Å². The van der Waals surface area contributed by atoms with Gasteiger partial charge in [0.05, 0.1) is 17.3 Å². The Hall–Kier alpha value is -2.73. The van der Waals surface area contributed by atoms with Crippen LogP contribution in [0.3, 0.4) is 0 Å². The van der Waals surface area contributed by atoms with Crippen molar-refractivity contribution in [2.75, 3.05) is 13.2 Å². The molecule has 0 spiro atoms. The van der Waals surface area contributed by atoms with E-state index in [0.717, 1.165) is 27.8 Å². The zero-order valence-electron chi connectivity index (χ0n) is 14.6. The van der Waals surface area contributed by atoms with Crippen molar-refractivity contribution in [2.45, 2.75) is 6.54 Å². The van der Waals surface area contributed by atoms with E-state index in [0.29, 0.717) is 23.8 Å². The fourth-order valence-electron chi connectivity index (χ4n) is 3.03. The van der Waals surface area contributed by atoms with E-state index in [-0.39, 0.29) is 6.61 Å². The summed E-state index contributed by atoms with van der Waals surface area (Å²) in [4.78, 5) is 4.44. The van der Waals surface area contributed by atoms with E-state index < -0.39 is 0 Å². The van der Waals surface area contributed by atoms with Crippen LogP contribution in [0.5, 0.6) is 0 Å². The van der Waals surface area contributed by atoms with Gasteiger partial charge >= 0.3 is 0 Å². The molecule has 5 nitrogen and oxygen atoms in total. The fourth-order valence-corrected chi connectivity index (χ4v) is 3.35. The number of aliphatic hydroxyl groups is 1. The van der Waals surface area contributed by atoms with Crippen LogP contribution >= 0.6 is 11.6 Å². The second-order valence-electron chi connectivity index (χ2n) is 6.24. The maximum Gasteiger partial charge on any atom is 0.181 e. The molecule has 0 unspecified atom stereocenters. The maximum atomic E-state index is 8.87. The number of fused-ring (bicyclic) bond motifs is 1. The Bertz CT molecular complexity index is 1060. The van der Waals surface area contributed by atoms with Gasteiger partial charge in [-0.2, -0.15) is 0 Å². The van der Waals surface area contributed by atoms with Crippen LogP contribution in [-0.4, -0.2) is 33.0 Å². The van der Waals surface area contributed by atoms with Crippen LogP contribution in [0.4, 0.5) is 0 Å². The van der Waals surface area contributed by atoms with Crippen molar-refractivity contribution in [1.29, 1.82) is 0 Å². The van der Waals surface area contributed by atoms with Crippen LogP contribution < -0.4 is 5.32 Å². The quantitative estimate of drug-likeness (QED) is 0.501. The number of hydrogen-bond acceptors (Lipinski definition) is 4. The van der Waals surface area contributed by atoms with Gasteiger partial charge in [-0.25, -0.2) is 9.67 Å². The maximum absolute atomic E-state index is 8.87. The van der Waals surface area contributed by atoms with E-state index in [1.165, 1.54) is 0 Å². The molecular weight excluding hydrogens is 360 g/mol. The van der Waals surface area contributed by atoms with Crippen molar-refractivity contribution in [2.24, 2.45) is 0 Å². The normalized spacial score (nSPS) is 11.2. The third-order valence-corrected chi connectivity index (χ3v) is 4.74. The Kier molecular flexibility index (Phi) is 5.16. The molecule has 0 aliphatic heterocycles. The first-order valence-electron chi connectivity index (χ1n) is 8.76. The molecular formula is C21H19ClN4O. The first kappa shape index (κ1) is 17.7.